The van der Waals surface area contributed by atoms with Gasteiger partial charge in [0.2, 0.25) is 0 Å². The standard InChI is InChI=1S/C16H22N2O/c1-18-14-9-5-4-8-13(14)17-15(18)12-16(19)10-6-2-3-7-11-16/h4-5,8-9,19H,2-3,6-7,10-12H2,1H3. The van der Waals surface area contributed by atoms with Crippen molar-refractivity contribution in [1.82, 2.24) is 9.55 Å². The van der Waals surface area contributed by atoms with Crippen LogP contribution in [0.4, 0.5) is 0 Å². The van der Waals surface area contributed by atoms with Crippen LogP contribution in [0.2, 0.25) is 0 Å². The molecule has 1 aliphatic carbocycles. The second kappa shape index (κ2) is 4.97. The van der Waals surface area contributed by atoms with E-state index in [0.29, 0.717) is 6.42 Å². The first-order valence-corrected chi connectivity index (χ1v) is 7.31. The lowest BCUT2D eigenvalue weighted by Crippen LogP contribution is -2.31. The third-order valence-electron chi connectivity index (χ3n) is 4.40. The summed E-state index contributed by atoms with van der Waals surface area (Å²) >= 11 is 0. The summed E-state index contributed by atoms with van der Waals surface area (Å²) in [4.78, 5) is 4.69. The van der Waals surface area contributed by atoms with Gasteiger partial charge in [-0.2, -0.15) is 0 Å². The minimum Gasteiger partial charge on any atom is -0.389 e. The largest absolute Gasteiger partial charge is 0.389 e. The van der Waals surface area contributed by atoms with Crippen LogP contribution in [0.5, 0.6) is 0 Å². The summed E-state index contributed by atoms with van der Waals surface area (Å²) in [5.41, 5.74) is 1.62. The molecule has 1 N–H and O–H groups in total. The highest BCUT2D eigenvalue weighted by atomic mass is 16.3. The number of aliphatic hydroxyl groups is 1. The molecule has 1 fully saturated rings. The smallest absolute Gasteiger partial charge is 0.112 e. The number of nitrogens with zero attached hydrogens (tertiary/aromatic N) is 2. The van der Waals surface area contributed by atoms with Crippen molar-refractivity contribution in [2.24, 2.45) is 7.05 Å². The van der Waals surface area contributed by atoms with Gasteiger partial charge in [-0.05, 0) is 25.0 Å². The van der Waals surface area contributed by atoms with Crippen molar-refractivity contribution in [1.29, 1.82) is 0 Å². The van der Waals surface area contributed by atoms with E-state index in [2.05, 4.69) is 15.6 Å². The molecule has 1 aromatic heterocycles. The van der Waals surface area contributed by atoms with Crippen LogP contribution in [-0.2, 0) is 13.5 Å². The summed E-state index contributed by atoms with van der Waals surface area (Å²) in [6.07, 6.45) is 7.29. The first kappa shape index (κ1) is 12.7. The minimum absolute atomic E-state index is 0.550. The van der Waals surface area contributed by atoms with Crippen molar-refractivity contribution in [2.75, 3.05) is 0 Å². The van der Waals surface area contributed by atoms with E-state index in [1.165, 1.54) is 12.8 Å². The lowest BCUT2D eigenvalue weighted by atomic mass is 9.90. The molecule has 3 heteroatoms. The van der Waals surface area contributed by atoms with E-state index in [4.69, 9.17) is 0 Å². The van der Waals surface area contributed by atoms with Gasteiger partial charge < -0.3 is 9.67 Å². The molecule has 0 unspecified atom stereocenters. The SMILES string of the molecule is Cn1c(CC2(O)CCCCCC2)nc2ccccc21. The van der Waals surface area contributed by atoms with Gasteiger partial charge in [0.05, 0.1) is 16.6 Å². The zero-order valence-electron chi connectivity index (χ0n) is 11.6. The number of benzene rings is 1. The molecular formula is C16H22N2O. The second-order valence-corrected chi connectivity index (χ2v) is 5.89. The molecule has 0 saturated heterocycles. The topological polar surface area (TPSA) is 38.0 Å². The predicted octanol–water partition coefficient (Wildman–Crippen LogP) is 3.20. The van der Waals surface area contributed by atoms with E-state index in [9.17, 15) is 5.11 Å². The fraction of sp³-hybridized carbons (Fsp3) is 0.562. The molecule has 102 valence electrons. The Balaban J connectivity index is 1.90. The van der Waals surface area contributed by atoms with E-state index < -0.39 is 5.60 Å². The second-order valence-electron chi connectivity index (χ2n) is 5.89. The summed E-state index contributed by atoms with van der Waals surface area (Å²) in [6.45, 7) is 0. The first-order chi connectivity index (χ1) is 9.18. The quantitative estimate of drug-likeness (QED) is 0.840. The van der Waals surface area contributed by atoms with Crippen LogP contribution in [0.1, 0.15) is 44.3 Å². The van der Waals surface area contributed by atoms with Crippen LogP contribution >= 0.6 is 0 Å². The highest BCUT2D eigenvalue weighted by Gasteiger charge is 2.30. The molecule has 1 saturated carbocycles. The molecule has 1 heterocycles. The van der Waals surface area contributed by atoms with Crippen molar-refractivity contribution in [3.63, 3.8) is 0 Å². The van der Waals surface area contributed by atoms with E-state index >= 15 is 0 Å². The highest BCUT2D eigenvalue weighted by molar-refractivity contribution is 5.75. The summed E-state index contributed by atoms with van der Waals surface area (Å²) in [6, 6.07) is 8.17. The molecule has 1 aromatic carbocycles. The summed E-state index contributed by atoms with van der Waals surface area (Å²) in [5, 5.41) is 10.8. The first-order valence-electron chi connectivity index (χ1n) is 7.31. The Labute approximate surface area is 114 Å². The molecule has 2 aromatic rings. The third kappa shape index (κ3) is 2.52. The molecule has 0 spiro atoms. The molecule has 1 aliphatic rings. The number of rotatable bonds is 2. The van der Waals surface area contributed by atoms with Crippen molar-refractivity contribution < 1.29 is 5.11 Å². The molecule has 19 heavy (non-hydrogen) atoms. The molecule has 0 aliphatic heterocycles. The normalized spacial score (nSPS) is 19.5. The lowest BCUT2D eigenvalue weighted by Gasteiger charge is -2.26. The Morgan fingerprint density at radius 3 is 2.53 bits per heavy atom. The van der Waals surface area contributed by atoms with E-state index in [0.717, 1.165) is 42.5 Å². The Hall–Kier alpha value is -1.35. The molecule has 3 rings (SSSR count). The van der Waals surface area contributed by atoms with Crippen LogP contribution in [0, 0.1) is 0 Å². The summed E-state index contributed by atoms with van der Waals surface area (Å²) in [5.74, 6) is 1.01. The molecule has 0 amide bonds. The summed E-state index contributed by atoms with van der Waals surface area (Å²) in [7, 11) is 2.05. The Kier molecular flexibility index (Phi) is 3.31. The average molecular weight is 258 g/mol. The van der Waals surface area contributed by atoms with Crippen LogP contribution in [0.3, 0.4) is 0 Å². The monoisotopic (exact) mass is 258 g/mol. The summed E-state index contributed by atoms with van der Waals surface area (Å²) < 4.78 is 2.12. The Morgan fingerprint density at radius 1 is 1.16 bits per heavy atom. The van der Waals surface area contributed by atoms with E-state index in [1.807, 2.05) is 25.2 Å². The maximum Gasteiger partial charge on any atom is 0.112 e. The molecule has 0 radical (unpaired) electrons. The van der Waals surface area contributed by atoms with Gasteiger partial charge in [-0.15, -0.1) is 0 Å². The fourth-order valence-corrected chi connectivity index (χ4v) is 3.21. The van der Waals surface area contributed by atoms with Gasteiger partial charge in [0.1, 0.15) is 5.82 Å². The van der Waals surface area contributed by atoms with Gasteiger partial charge in [0, 0.05) is 13.5 Å². The van der Waals surface area contributed by atoms with Gasteiger partial charge in [-0.1, -0.05) is 37.8 Å². The van der Waals surface area contributed by atoms with Crippen molar-refractivity contribution >= 4 is 11.0 Å². The maximum atomic E-state index is 10.8. The van der Waals surface area contributed by atoms with E-state index in [-0.39, 0.29) is 0 Å². The number of aryl methyl sites for hydroxylation is 1. The van der Waals surface area contributed by atoms with Crippen LogP contribution in [0.15, 0.2) is 24.3 Å². The van der Waals surface area contributed by atoms with Crippen molar-refractivity contribution in [2.45, 2.75) is 50.5 Å². The predicted molar refractivity (Wildman–Crippen MR) is 77.1 cm³/mol. The van der Waals surface area contributed by atoms with Crippen molar-refractivity contribution in [3.05, 3.63) is 30.1 Å². The third-order valence-corrected chi connectivity index (χ3v) is 4.40. The van der Waals surface area contributed by atoms with Gasteiger partial charge in [-0.3, -0.25) is 0 Å². The Morgan fingerprint density at radius 2 is 1.84 bits per heavy atom. The molecule has 3 nitrogen and oxygen atoms in total. The van der Waals surface area contributed by atoms with Crippen LogP contribution in [-0.4, -0.2) is 20.3 Å². The number of imidazole rings is 1. The van der Waals surface area contributed by atoms with Gasteiger partial charge in [0.25, 0.3) is 0 Å². The lowest BCUT2D eigenvalue weighted by molar-refractivity contribution is 0.0229. The Bertz CT molecular complexity index is 565. The van der Waals surface area contributed by atoms with Crippen LogP contribution in [0.25, 0.3) is 11.0 Å². The highest BCUT2D eigenvalue weighted by Crippen LogP contribution is 2.30. The van der Waals surface area contributed by atoms with Crippen molar-refractivity contribution in [3.8, 4) is 0 Å². The van der Waals surface area contributed by atoms with E-state index in [1.54, 1.807) is 0 Å². The average Bonchev–Trinajstić information content (AvgIpc) is 2.58. The zero-order valence-corrected chi connectivity index (χ0v) is 11.6. The number of para-hydroxylation sites is 2. The van der Waals surface area contributed by atoms with Gasteiger partial charge >= 0.3 is 0 Å². The zero-order chi connectivity index (χ0) is 13.3. The van der Waals surface area contributed by atoms with Gasteiger partial charge in [-0.25, -0.2) is 4.98 Å². The molecule has 0 atom stereocenters. The molecular weight excluding hydrogens is 236 g/mol. The fourth-order valence-electron chi connectivity index (χ4n) is 3.21. The molecule has 0 bridgehead atoms. The maximum absolute atomic E-state index is 10.8. The number of aromatic nitrogens is 2. The number of hydrogen-bond donors (Lipinski definition) is 1. The van der Waals surface area contributed by atoms with Gasteiger partial charge in [0.15, 0.2) is 0 Å². The minimum atomic E-state index is -0.550. The number of hydrogen-bond acceptors (Lipinski definition) is 2. The number of fused-ring (bicyclic) bond motifs is 1. The van der Waals surface area contributed by atoms with Crippen LogP contribution < -0.4 is 0 Å².